The van der Waals surface area contributed by atoms with E-state index in [-0.39, 0.29) is 5.41 Å². The molecule has 72 valence electrons. The van der Waals surface area contributed by atoms with Crippen LogP contribution in [0.2, 0.25) is 0 Å². The molecular formula is C11H16O2. The van der Waals surface area contributed by atoms with E-state index >= 15 is 0 Å². The van der Waals surface area contributed by atoms with Crippen molar-refractivity contribution in [2.24, 2.45) is 11.3 Å². The maximum Gasteiger partial charge on any atom is 0.133 e. The molecule has 1 aliphatic heterocycles. The van der Waals surface area contributed by atoms with Gasteiger partial charge in [-0.15, -0.1) is 0 Å². The summed E-state index contributed by atoms with van der Waals surface area (Å²) in [6.07, 6.45) is 6.68. The summed E-state index contributed by atoms with van der Waals surface area (Å²) in [5.74, 6) is 0.846. The fraction of sp³-hybridized carbons (Fsp3) is 0.727. The lowest BCUT2D eigenvalue weighted by Gasteiger charge is -2.28. The highest BCUT2D eigenvalue weighted by Gasteiger charge is 2.40. The van der Waals surface area contributed by atoms with Crippen LogP contribution in [-0.2, 0) is 9.53 Å². The minimum atomic E-state index is 0.0774. The van der Waals surface area contributed by atoms with Crippen molar-refractivity contribution in [3.8, 4) is 0 Å². The summed E-state index contributed by atoms with van der Waals surface area (Å²) in [5.41, 5.74) is 0.0774. The maximum atomic E-state index is 11.5. The molecule has 1 heterocycles. The van der Waals surface area contributed by atoms with E-state index in [1.54, 1.807) is 0 Å². The van der Waals surface area contributed by atoms with Gasteiger partial charge in [-0.05, 0) is 6.42 Å². The van der Waals surface area contributed by atoms with Crippen LogP contribution in [0, 0.1) is 11.3 Å². The van der Waals surface area contributed by atoms with Gasteiger partial charge in [-0.25, -0.2) is 0 Å². The van der Waals surface area contributed by atoms with E-state index in [1.165, 1.54) is 0 Å². The van der Waals surface area contributed by atoms with Gasteiger partial charge in [-0.2, -0.15) is 0 Å². The van der Waals surface area contributed by atoms with Crippen LogP contribution in [0.5, 0.6) is 0 Å². The molecule has 2 nitrogen and oxygen atoms in total. The van der Waals surface area contributed by atoms with Crippen LogP contribution in [0.15, 0.2) is 12.2 Å². The Morgan fingerprint density at radius 2 is 2.46 bits per heavy atom. The highest BCUT2D eigenvalue weighted by atomic mass is 16.5. The van der Waals surface area contributed by atoms with Gasteiger partial charge in [-0.1, -0.05) is 19.1 Å². The normalized spacial score (nSPS) is 42.2. The molecule has 0 spiro atoms. The fourth-order valence-electron chi connectivity index (χ4n) is 2.24. The quantitative estimate of drug-likeness (QED) is 0.532. The number of hydrogen-bond acceptors (Lipinski definition) is 2. The van der Waals surface area contributed by atoms with E-state index in [1.807, 2.05) is 0 Å². The molecule has 13 heavy (non-hydrogen) atoms. The SMILES string of the molecule is C[C@]12COC[C@H]1/C=C\CCC(=O)C2. The summed E-state index contributed by atoms with van der Waals surface area (Å²) in [7, 11) is 0. The average molecular weight is 180 g/mol. The van der Waals surface area contributed by atoms with Crippen molar-refractivity contribution in [2.45, 2.75) is 26.2 Å². The number of ether oxygens (including phenoxy) is 1. The standard InChI is InChI=1S/C11H16O2/c1-11-6-10(12)5-3-2-4-9(11)7-13-8-11/h2,4,9H,3,5-8H2,1H3/b4-2-/t9-,11+/m1/s1. The van der Waals surface area contributed by atoms with Gasteiger partial charge >= 0.3 is 0 Å². The van der Waals surface area contributed by atoms with Crippen LogP contribution in [0.1, 0.15) is 26.2 Å². The molecule has 0 aromatic rings. The zero-order valence-electron chi connectivity index (χ0n) is 8.08. The van der Waals surface area contributed by atoms with Crippen molar-refractivity contribution < 1.29 is 9.53 Å². The first-order valence-electron chi connectivity index (χ1n) is 4.97. The molecule has 0 aromatic heterocycles. The molecule has 0 N–H and O–H groups in total. The van der Waals surface area contributed by atoms with Crippen molar-refractivity contribution in [1.82, 2.24) is 0 Å². The van der Waals surface area contributed by atoms with Gasteiger partial charge < -0.3 is 4.74 Å². The maximum absolute atomic E-state index is 11.5. The van der Waals surface area contributed by atoms with Crippen LogP contribution in [0.3, 0.4) is 0 Å². The summed E-state index contributed by atoms with van der Waals surface area (Å²) in [6, 6.07) is 0. The van der Waals surface area contributed by atoms with Gasteiger partial charge in [0.1, 0.15) is 5.78 Å². The smallest absolute Gasteiger partial charge is 0.133 e. The molecule has 2 rings (SSSR count). The molecule has 0 unspecified atom stereocenters. The summed E-state index contributed by atoms with van der Waals surface area (Å²) < 4.78 is 5.45. The highest BCUT2D eigenvalue weighted by Crippen LogP contribution is 2.39. The van der Waals surface area contributed by atoms with Crippen LogP contribution in [0.25, 0.3) is 0 Å². The number of carbonyl (C=O) groups excluding carboxylic acids is 1. The number of allylic oxidation sites excluding steroid dienone is 1. The summed E-state index contributed by atoms with van der Waals surface area (Å²) in [6.45, 7) is 3.70. The molecule has 1 saturated heterocycles. The van der Waals surface area contributed by atoms with Crippen molar-refractivity contribution in [1.29, 1.82) is 0 Å². The Hall–Kier alpha value is -0.630. The lowest BCUT2D eigenvalue weighted by molar-refractivity contribution is -0.121. The van der Waals surface area contributed by atoms with E-state index in [9.17, 15) is 4.79 Å². The summed E-state index contributed by atoms with van der Waals surface area (Å²) in [4.78, 5) is 11.5. The Morgan fingerprint density at radius 3 is 3.31 bits per heavy atom. The van der Waals surface area contributed by atoms with Gasteiger partial charge in [0, 0.05) is 24.2 Å². The molecule has 2 aliphatic rings. The molecule has 1 fully saturated rings. The van der Waals surface area contributed by atoms with E-state index in [2.05, 4.69) is 19.1 Å². The molecule has 0 aromatic carbocycles. The Labute approximate surface area is 79.0 Å². The van der Waals surface area contributed by atoms with Crippen molar-refractivity contribution >= 4 is 5.78 Å². The second-order valence-electron chi connectivity index (χ2n) is 4.46. The molecule has 2 atom stereocenters. The Morgan fingerprint density at radius 1 is 1.62 bits per heavy atom. The minimum Gasteiger partial charge on any atom is -0.380 e. The number of carbonyl (C=O) groups is 1. The molecular weight excluding hydrogens is 164 g/mol. The van der Waals surface area contributed by atoms with E-state index in [0.29, 0.717) is 24.5 Å². The Balaban J connectivity index is 2.21. The van der Waals surface area contributed by atoms with Crippen molar-refractivity contribution in [3.05, 3.63) is 12.2 Å². The second kappa shape index (κ2) is 3.26. The topological polar surface area (TPSA) is 26.3 Å². The third-order valence-electron chi connectivity index (χ3n) is 3.18. The largest absolute Gasteiger partial charge is 0.380 e. The average Bonchev–Trinajstić information content (AvgIpc) is 2.37. The summed E-state index contributed by atoms with van der Waals surface area (Å²) in [5, 5.41) is 0. The molecule has 0 bridgehead atoms. The fourth-order valence-corrected chi connectivity index (χ4v) is 2.24. The molecule has 0 amide bonds. The van der Waals surface area contributed by atoms with Gasteiger partial charge in [-0.3, -0.25) is 4.79 Å². The Bertz CT molecular complexity index is 244. The number of ketones is 1. The van der Waals surface area contributed by atoms with Gasteiger partial charge in [0.15, 0.2) is 0 Å². The highest BCUT2D eigenvalue weighted by molar-refractivity contribution is 5.79. The number of fused-ring (bicyclic) bond motifs is 1. The second-order valence-corrected chi connectivity index (χ2v) is 4.46. The lowest BCUT2D eigenvalue weighted by Crippen LogP contribution is -2.28. The zero-order valence-corrected chi connectivity index (χ0v) is 8.08. The molecule has 0 radical (unpaired) electrons. The van der Waals surface area contributed by atoms with Gasteiger partial charge in [0.05, 0.1) is 13.2 Å². The first-order valence-corrected chi connectivity index (χ1v) is 4.97. The number of Topliss-reactive ketones (excluding diaryl/α,β-unsaturated/α-hetero) is 1. The predicted octanol–water partition coefficient (Wildman–Crippen LogP) is 1.95. The van der Waals surface area contributed by atoms with Gasteiger partial charge in [0.2, 0.25) is 0 Å². The third-order valence-corrected chi connectivity index (χ3v) is 3.18. The van der Waals surface area contributed by atoms with E-state index in [0.717, 1.165) is 19.6 Å². The Kier molecular flexibility index (Phi) is 2.24. The zero-order chi connectivity index (χ0) is 9.31. The van der Waals surface area contributed by atoms with Crippen LogP contribution < -0.4 is 0 Å². The van der Waals surface area contributed by atoms with Crippen molar-refractivity contribution in [3.63, 3.8) is 0 Å². The van der Waals surface area contributed by atoms with E-state index < -0.39 is 0 Å². The lowest BCUT2D eigenvalue weighted by atomic mass is 9.74. The first kappa shape index (κ1) is 8.95. The molecule has 1 aliphatic carbocycles. The number of rotatable bonds is 0. The third kappa shape index (κ3) is 1.68. The summed E-state index contributed by atoms with van der Waals surface area (Å²) >= 11 is 0. The first-order chi connectivity index (χ1) is 6.21. The van der Waals surface area contributed by atoms with Gasteiger partial charge in [0.25, 0.3) is 0 Å². The molecule has 2 heteroatoms. The van der Waals surface area contributed by atoms with Crippen LogP contribution in [-0.4, -0.2) is 19.0 Å². The van der Waals surface area contributed by atoms with E-state index in [4.69, 9.17) is 4.74 Å². The predicted molar refractivity (Wildman–Crippen MR) is 50.4 cm³/mol. The minimum absolute atomic E-state index is 0.0774. The van der Waals surface area contributed by atoms with Crippen LogP contribution >= 0.6 is 0 Å². The van der Waals surface area contributed by atoms with Crippen molar-refractivity contribution in [2.75, 3.05) is 13.2 Å². The number of hydrogen-bond donors (Lipinski definition) is 0. The van der Waals surface area contributed by atoms with Crippen LogP contribution in [0.4, 0.5) is 0 Å². The monoisotopic (exact) mass is 180 g/mol. The molecule has 0 saturated carbocycles.